The molecular weight excluding hydrogens is 520 g/mol. The van der Waals surface area contributed by atoms with Gasteiger partial charge in [0.25, 0.3) is 0 Å². The molecule has 1 aliphatic heterocycles. The number of rotatable bonds is 9. The van der Waals surface area contributed by atoms with E-state index in [0.29, 0.717) is 18.4 Å². The molecule has 0 aromatic rings. The fraction of sp³-hybridized carbons (Fsp3) is 0.647. The molecule has 41 heavy (non-hydrogen) atoms. The first-order valence-electron chi connectivity index (χ1n) is 14.8. The fourth-order valence-corrected chi connectivity index (χ4v) is 5.23. The van der Waals surface area contributed by atoms with Crippen molar-refractivity contribution >= 4 is 11.8 Å². The van der Waals surface area contributed by atoms with Crippen LogP contribution >= 0.6 is 0 Å². The molecule has 7 nitrogen and oxygen atoms in total. The minimum Gasteiger partial charge on any atom is -0.456 e. The van der Waals surface area contributed by atoms with Gasteiger partial charge in [0, 0.05) is 36.4 Å². The van der Waals surface area contributed by atoms with Crippen molar-refractivity contribution in [3.63, 3.8) is 0 Å². The molecule has 0 aromatic heterocycles. The van der Waals surface area contributed by atoms with E-state index in [0.717, 1.165) is 11.1 Å². The van der Waals surface area contributed by atoms with Gasteiger partial charge in [-0.2, -0.15) is 0 Å². The molecule has 0 bridgehead atoms. The van der Waals surface area contributed by atoms with Gasteiger partial charge >= 0.3 is 5.97 Å². The monoisotopic (exact) mass is 574 g/mol. The lowest BCUT2D eigenvalue weighted by molar-refractivity contribution is -0.158. The number of methoxy groups -OCH3 is 1. The third-order valence-electron chi connectivity index (χ3n) is 8.19. The van der Waals surface area contributed by atoms with Gasteiger partial charge < -0.3 is 24.8 Å². The lowest BCUT2D eigenvalue weighted by atomic mass is 9.84. The lowest BCUT2D eigenvalue weighted by Gasteiger charge is -2.33. The molecule has 0 unspecified atom stereocenters. The second-order valence-electron chi connectivity index (χ2n) is 12.0. The van der Waals surface area contributed by atoms with Gasteiger partial charge in [0.1, 0.15) is 12.2 Å². The third kappa shape index (κ3) is 11.5. The second-order valence-corrected chi connectivity index (χ2v) is 12.0. The van der Waals surface area contributed by atoms with Crippen molar-refractivity contribution in [2.75, 3.05) is 7.11 Å². The minimum atomic E-state index is -1.13. The molecule has 0 fully saturated rings. The molecule has 0 saturated carbocycles. The van der Waals surface area contributed by atoms with E-state index in [2.05, 4.69) is 0 Å². The number of carbonyl (C=O) groups is 2. The molecule has 1 aliphatic rings. The van der Waals surface area contributed by atoms with Crippen LogP contribution in [-0.2, 0) is 19.1 Å². The SMILES string of the molecule is CC[C@@H](O)[C@H](C)/C=C/C(=O)[C@@H](C)[C@H](O)[C@H](C)[C@H]1OC(=O)/C(C)=C/C(C)=C/[C@@H](C)[C@@H](O)[C@@H](C)C/C(C)=C/C=C/[C@@H]1OC. The molecule has 3 N–H and O–H groups in total. The Morgan fingerprint density at radius 2 is 1.80 bits per heavy atom. The molecular formula is C34H54O7. The van der Waals surface area contributed by atoms with Crippen molar-refractivity contribution in [3.8, 4) is 0 Å². The van der Waals surface area contributed by atoms with Crippen LogP contribution in [0.2, 0.25) is 0 Å². The van der Waals surface area contributed by atoms with Gasteiger partial charge in [-0.25, -0.2) is 4.79 Å². The largest absolute Gasteiger partial charge is 0.456 e. The zero-order valence-electron chi connectivity index (χ0n) is 26.7. The molecule has 10 atom stereocenters. The number of aliphatic hydroxyl groups is 3. The van der Waals surface area contributed by atoms with Crippen LogP contribution in [0, 0.1) is 29.6 Å². The van der Waals surface area contributed by atoms with Crippen LogP contribution in [0.1, 0.15) is 75.2 Å². The van der Waals surface area contributed by atoms with Gasteiger partial charge in [-0.3, -0.25) is 4.79 Å². The summed E-state index contributed by atoms with van der Waals surface area (Å²) < 4.78 is 11.7. The number of esters is 1. The summed E-state index contributed by atoms with van der Waals surface area (Å²) in [6.07, 6.45) is 9.82. The van der Waals surface area contributed by atoms with E-state index in [1.165, 1.54) is 13.2 Å². The topological polar surface area (TPSA) is 113 Å². The van der Waals surface area contributed by atoms with E-state index in [1.54, 1.807) is 39.0 Å². The van der Waals surface area contributed by atoms with E-state index in [4.69, 9.17) is 9.47 Å². The van der Waals surface area contributed by atoms with Crippen molar-refractivity contribution in [2.24, 2.45) is 29.6 Å². The Balaban J connectivity index is 3.41. The number of cyclic esters (lactones) is 1. The Morgan fingerprint density at radius 3 is 2.39 bits per heavy atom. The van der Waals surface area contributed by atoms with Crippen molar-refractivity contribution in [1.82, 2.24) is 0 Å². The summed E-state index contributed by atoms with van der Waals surface area (Å²) in [6.45, 7) is 16.6. The highest BCUT2D eigenvalue weighted by atomic mass is 16.6. The molecule has 0 saturated heterocycles. The van der Waals surface area contributed by atoms with E-state index in [9.17, 15) is 24.9 Å². The van der Waals surface area contributed by atoms with Crippen LogP contribution in [0.5, 0.6) is 0 Å². The van der Waals surface area contributed by atoms with Gasteiger partial charge in [0.05, 0.1) is 18.3 Å². The molecule has 0 amide bonds. The third-order valence-corrected chi connectivity index (χ3v) is 8.19. The maximum absolute atomic E-state index is 13.2. The minimum absolute atomic E-state index is 0.0316. The standard InChI is InChI=1S/C34H54O7/c1-11-28(35)22(4)15-16-29(36)26(8)32(38)27(9)33-30(40-10)14-12-13-20(2)17-23(5)31(37)24(6)18-21(3)19-25(7)34(39)41-33/h12-16,18-19,22-24,26-28,30-33,35,37-38H,11,17H2,1-10H3/b14-12+,16-15+,20-13+,21-18+,25-19+/t22-,23+,24-,26-,27+,28-,30+,31+,32+,33-/m1/s1. The highest BCUT2D eigenvalue weighted by molar-refractivity contribution is 5.92. The van der Waals surface area contributed by atoms with Crippen molar-refractivity contribution < 1.29 is 34.4 Å². The quantitative estimate of drug-likeness (QED) is 0.246. The number of ketones is 1. The number of hydrogen-bond acceptors (Lipinski definition) is 7. The highest BCUT2D eigenvalue weighted by Gasteiger charge is 2.37. The van der Waals surface area contributed by atoms with Crippen molar-refractivity contribution in [3.05, 3.63) is 59.3 Å². The summed E-state index contributed by atoms with van der Waals surface area (Å²) in [6, 6.07) is 0. The molecule has 1 rings (SSSR count). The smallest absolute Gasteiger partial charge is 0.334 e. The second kappa shape index (κ2) is 17.6. The summed E-state index contributed by atoms with van der Waals surface area (Å²) in [7, 11) is 1.51. The maximum atomic E-state index is 13.2. The Hall–Kier alpha value is -2.32. The Kier molecular flexibility index (Phi) is 15.8. The highest BCUT2D eigenvalue weighted by Crippen LogP contribution is 2.27. The molecule has 7 heteroatoms. The first-order valence-corrected chi connectivity index (χ1v) is 14.8. The van der Waals surface area contributed by atoms with E-state index in [-0.39, 0.29) is 23.5 Å². The summed E-state index contributed by atoms with van der Waals surface area (Å²) >= 11 is 0. The Bertz CT molecular complexity index is 1000. The predicted molar refractivity (Wildman–Crippen MR) is 164 cm³/mol. The van der Waals surface area contributed by atoms with E-state index >= 15 is 0 Å². The van der Waals surface area contributed by atoms with Crippen LogP contribution in [0.4, 0.5) is 0 Å². The number of hydrogen-bond donors (Lipinski definition) is 3. The fourth-order valence-electron chi connectivity index (χ4n) is 5.23. The first kappa shape index (κ1) is 36.7. The molecule has 0 radical (unpaired) electrons. The van der Waals surface area contributed by atoms with Gasteiger partial charge in [-0.1, -0.05) is 83.1 Å². The normalized spacial score (nSPS) is 33.6. The van der Waals surface area contributed by atoms with Crippen LogP contribution < -0.4 is 0 Å². The van der Waals surface area contributed by atoms with Crippen molar-refractivity contribution in [2.45, 2.75) is 106 Å². The molecule has 0 spiro atoms. The predicted octanol–water partition coefficient (Wildman–Crippen LogP) is 5.51. The molecule has 1 heterocycles. The van der Waals surface area contributed by atoms with Crippen LogP contribution in [0.3, 0.4) is 0 Å². The van der Waals surface area contributed by atoms with Crippen LogP contribution in [0.25, 0.3) is 0 Å². The Morgan fingerprint density at radius 1 is 1.17 bits per heavy atom. The Labute approximate surface area is 247 Å². The van der Waals surface area contributed by atoms with Gasteiger partial charge in [-0.05, 0) is 51.7 Å². The summed E-state index contributed by atoms with van der Waals surface area (Å²) in [5, 5.41) is 32.1. The van der Waals surface area contributed by atoms with Gasteiger partial charge in [0.15, 0.2) is 5.78 Å². The average Bonchev–Trinajstić information content (AvgIpc) is 2.93. The average molecular weight is 575 g/mol. The first-order chi connectivity index (χ1) is 19.1. The van der Waals surface area contributed by atoms with E-state index in [1.807, 2.05) is 59.8 Å². The zero-order chi connectivity index (χ0) is 31.4. The van der Waals surface area contributed by atoms with Crippen molar-refractivity contribution in [1.29, 1.82) is 0 Å². The van der Waals surface area contributed by atoms with Crippen LogP contribution in [0.15, 0.2) is 59.3 Å². The number of aliphatic hydroxyl groups excluding tert-OH is 3. The summed E-state index contributed by atoms with van der Waals surface area (Å²) in [4.78, 5) is 26.2. The zero-order valence-corrected chi connectivity index (χ0v) is 26.7. The molecule has 0 aliphatic carbocycles. The number of allylic oxidation sites excluding steroid dienone is 6. The summed E-state index contributed by atoms with van der Waals surface area (Å²) in [5.41, 5.74) is 2.28. The van der Waals surface area contributed by atoms with Gasteiger partial charge in [-0.15, -0.1) is 0 Å². The van der Waals surface area contributed by atoms with Crippen LogP contribution in [-0.4, -0.2) is 64.7 Å². The van der Waals surface area contributed by atoms with Gasteiger partial charge in [0.2, 0.25) is 0 Å². The number of ether oxygens (including phenoxy) is 2. The summed E-state index contributed by atoms with van der Waals surface area (Å²) in [5.74, 6) is -2.52. The molecule has 232 valence electrons. The number of carbonyl (C=O) groups excluding carboxylic acids is 2. The maximum Gasteiger partial charge on any atom is 0.334 e. The molecule has 0 aromatic carbocycles. The van der Waals surface area contributed by atoms with E-state index < -0.39 is 48.3 Å². The lowest BCUT2D eigenvalue weighted by Crippen LogP contribution is -2.45.